The Labute approximate surface area is 134 Å². The molecule has 5 nitrogen and oxygen atoms in total. The third-order valence-corrected chi connectivity index (χ3v) is 6.71. The van der Waals surface area contributed by atoms with Crippen molar-refractivity contribution in [3.63, 3.8) is 0 Å². The second kappa shape index (κ2) is 4.71. The molecule has 3 saturated carbocycles. The van der Waals surface area contributed by atoms with Crippen LogP contribution in [0.5, 0.6) is 0 Å². The summed E-state index contributed by atoms with van der Waals surface area (Å²) in [6, 6.07) is 9.23. The van der Waals surface area contributed by atoms with Crippen molar-refractivity contribution in [3.05, 3.63) is 35.9 Å². The van der Waals surface area contributed by atoms with E-state index in [0.717, 1.165) is 18.4 Å². The number of aliphatic hydroxyl groups excluding tert-OH is 2. The van der Waals surface area contributed by atoms with Crippen LogP contribution < -0.4 is 0 Å². The minimum atomic E-state index is -0.456. The molecule has 4 fully saturated rings. The van der Waals surface area contributed by atoms with Gasteiger partial charge in [-0.25, -0.2) is 4.79 Å². The molecule has 1 aromatic carbocycles. The molecule has 1 aromatic rings. The Morgan fingerprint density at radius 1 is 1.09 bits per heavy atom. The van der Waals surface area contributed by atoms with Crippen molar-refractivity contribution in [2.45, 2.75) is 43.7 Å². The predicted octanol–water partition coefficient (Wildman–Crippen LogP) is 1.38. The van der Waals surface area contributed by atoms with Crippen LogP contribution in [0.4, 0.5) is 4.79 Å². The van der Waals surface area contributed by atoms with Crippen LogP contribution in [0.25, 0.3) is 0 Å². The fraction of sp³-hybridized carbons (Fsp3) is 0.611. The van der Waals surface area contributed by atoms with Crippen LogP contribution in [0.1, 0.15) is 18.4 Å². The Morgan fingerprint density at radius 3 is 2.65 bits per heavy atom. The van der Waals surface area contributed by atoms with Gasteiger partial charge in [-0.15, -0.1) is 0 Å². The summed E-state index contributed by atoms with van der Waals surface area (Å²) in [7, 11) is 0. The minimum absolute atomic E-state index is 0.166. The summed E-state index contributed by atoms with van der Waals surface area (Å²) in [5, 5.41) is 21.2. The Hall–Kier alpha value is -1.59. The molecule has 4 bridgehead atoms. The van der Waals surface area contributed by atoms with Gasteiger partial charge in [-0.2, -0.15) is 0 Å². The normalized spacial score (nSPS) is 45.7. The van der Waals surface area contributed by atoms with E-state index in [-0.39, 0.29) is 36.4 Å². The molecule has 3 aliphatic carbocycles. The number of benzene rings is 1. The third kappa shape index (κ3) is 1.72. The van der Waals surface area contributed by atoms with Crippen LogP contribution in [0.2, 0.25) is 0 Å². The SMILES string of the molecule is O=C(OCc1ccccc1)N1C2CC3C4CC(C3C2O)C1C4O. The van der Waals surface area contributed by atoms with E-state index >= 15 is 0 Å². The number of rotatable bonds is 2. The number of fused-ring (bicyclic) bond motifs is 3. The van der Waals surface area contributed by atoms with Crippen molar-refractivity contribution < 1.29 is 19.7 Å². The maximum atomic E-state index is 12.7. The Morgan fingerprint density at radius 2 is 1.87 bits per heavy atom. The lowest BCUT2D eigenvalue weighted by molar-refractivity contribution is -0.0910. The molecular weight excluding hydrogens is 294 g/mol. The molecule has 8 atom stereocenters. The first-order chi connectivity index (χ1) is 11.2. The van der Waals surface area contributed by atoms with E-state index in [1.165, 1.54) is 0 Å². The van der Waals surface area contributed by atoms with Crippen molar-refractivity contribution in [1.29, 1.82) is 0 Å². The van der Waals surface area contributed by atoms with Crippen molar-refractivity contribution in [3.8, 4) is 0 Å². The Kier molecular flexibility index (Phi) is 2.83. The highest BCUT2D eigenvalue weighted by molar-refractivity contribution is 5.70. The molecule has 1 heterocycles. The van der Waals surface area contributed by atoms with Gasteiger partial charge in [-0.3, -0.25) is 4.90 Å². The smallest absolute Gasteiger partial charge is 0.410 e. The average molecular weight is 315 g/mol. The molecule has 0 radical (unpaired) electrons. The molecule has 1 amide bonds. The van der Waals surface area contributed by atoms with Gasteiger partial charge in [0.2, 0.25) is 0 Å². The maximum absolute atomic E-state index is 12.7. The Balaban J connectivity index is 1.38. The van der Waals surface area contributed by atoms with E-state index in [2.05, 4.69) is 0 Å². The van der Waals surface area contributed by atoms with E-state index in [4.69, 9.17) is 4.74 Å². The monoisotopic (exact) mass is 315 g/mol. The van der Waals surface area contributed by atoms with E-state index in [9.17, 15) is 15.0 Å². The summed E-state index contributed by atoms with van der Waals surface area (Å²) in [6.07, 6.45) is 0.439. The first-order valence-electron chi connectivity index (χ1n) is 8.52. The summed E-state index contributed by atoms with van der Waals surface area (Å²) >= 11 is 0. The quantitative estimate of drug-likeness (QED) is 0.865. The third-order valence-electron chi connectivity index (χ3n) is 6.71. The lowest BCUT2D eigenvalue weighted by atomic mass is 9.75. The van der Waals surface area contributed by atoms with Crippen molar-refractivity contribution in [2.24, 2.45) is 23.7 Å². The van der Waals surface area contributed by atoms with Gasteiger partial charge in [0, 0.05) is 0 Å². The Bertz CT molecular complexity index is 635. The van der Waals surface area contributed by atoms with Crippen LogP contribution in [0.3, 0.4) is 0 Å². The largest absolute Gasteiger partial charge is 0.445 e. The summed E-state index contributed by atoms with van der Waals surface area (Å²) in [6.45, 7) is 0.225. The van der Waals surface area contributed by atoms with Crippen molar-refractivity contribution in [2.75, 3.05) is 0 Å². The minimum Gasteiger partial charge on any atom is -0.445 e. The molecule has 5 rings (SSSR count). The topological polar surface area (TPSA) is 70.0 Å². The number of likely N-dealkylation sites (tertiary alicyclic amines) is 1. The van der Waals surface area contributed by atoms with Gasteiger partial charge < -0.3 is 14.9 Å². The first kappa shape index (κ1) is 13.8. The zero-order valence-corrected chi connectivity index (χ0v) is 12.8. The summed E-state index contributed by atoms with van der Waals surface area (Å²) in [5.41, 5.74) is 0.942. The molecule has 1 saturated heterocycles. The molecule has 23 heavy (non-hydrogen) atoms. The second-order valence-corrected chi connectivity index (χ2v) is 7.53. The number of hydrogen-bond donors (Lipinski definition) is 2. The van der Waals surface area contributed by atoms with Gasteiger partial charge in [-0.05, 0) is 42.1 Å². The highest BCUT2D eigenvalue weighted by atomic mass is 16.6. The molecule has 0 aromatic heterocycles. The number of ether oxygens (including phenoxy) is 1. The highest BCUT2D eigenvalue weighted by Gasteiger charge is 2.71. The molecule has 1 aliphatic heterocycles. The van der Waals surface area contributed by atoms with Crippen LogP contribution in [-0.2, 0) is 11.3 Å². The number of piperidine rings is 1. The molecular formula is C18H21NO4. The van der Waals surface area contributed by atoms with Gasteiger partial charge in [0.25, 0.3) is 0 Å². The zero-order chi connectivity index (χ0) is 15.7. The second-order valence-electron chi connectivity index (χ2n) is 7.53. The number of carbonyl (C=O) groups excluding carboxylic acids is 1. The van der Waals surface area contributed by atoms with Crippen LogP contribution >= 0.6 is 0 Å². The molecule has 8 unspecified atom stereocenters. The van der Waals surface area contributed by atoms with Crippen molar-refractivity contribution in [1.82, 2.24) is 4.90 Å². The highest BCUT2D eigenvalue weighted by Crippen LogP contribution is 2.64. The van der Waals surface area contributed by atoms with Gasteiger partial charge in [0.15, 0.2) is 0 Å². The average Bonchev–Trinajstić information content (AvgIpc) is 3.13. The fourth-order valence-electron chi connectivity index (χ4n) is 5.95. The van der Waals surface area contributed by atoms with Crippen molar-refractivity contribution >= 4 is 6.09 Å². The molecule has 2 N–H and O–H groups in total. The van der Waals surface area contributed by atoms with Gasteiger partial charge in [-0.1, -0.05) is 30.3 Å². The molecule has 0 spiro atoms. The number of hydrogen-bond acceptors (Lipinski definition) is 4. The summed E-state index contributed by atoms with van der Waals surface area (Å²) < 4.78 is 5.50. The van der Waals surface area contributed by atoms with E-state index < -0.39 is 18.3 Å². The summed E-state index contributed by atoms with van der Waals surface area (Å²) in [4.78, 5) is 14.4. The van der Waals surface area contributed by atoms with Gasteiger partial charge in [0.05, 0.1) is 24.3 Å². The standard InChI is InChI=1S/C18H21NO4/c20-16-11-6-12-14-10(11)7-13(17(14)21)19(15(12)16)18(22)23-8-9-4-2-1-3-5-9/h1-5,10-17,20-21H,6-8H2. The maximum Gasteiger partial charge on any atom is 0.410 e. The zero-order valence-electron chi connectivity index (χ0n) is 12.8. The van der Waals surface area contributed by atoms with Gasteiger partial charge >= 0.3 is 6.09 Å². The summed E-state index contributed by atoms with van der Waals surface area (Å²) in [5.74, 6) is 1.13. The number of aliphatic hydroxyl groups is 2. The van der Waals surface area contributed by atoms with E-state index in [1.54, 1.807) is 4.90 Å². The molecule has 5 heteroatoms. The van der Waals surface area contributed by atoms with Crippen LogP contribution in [-0.4, -0.2) is 45.5 Å². The van der Waals surface area contributed by atoms with Gasteiger partial charge in [0.1, 0.15) is 6.61 Å². The van der Waals surface area contributed by atoms with Crippen LogP contribution in [0.15, 0.2) is 30.3 Å². The number of nitrogens with zero attached hydrogens (tertiary/aromatic N) is 1. The number of amides is 1. The van der Waals surface area contributed by atoms with Crippen LogP contribution in [0, 0.1) is 23.7 Å². The lowest BCUT2D eigenvalue weighted by Crippen LogP contribution is -2.62. The predicted molar refractivity (Wildman–Crippen MR) is 81.2 cm³/mol. The fourth-order valence-corrected chi connectivity index (χ4v) is 5.95. The van der Waals surface area contributed by atoms with E-state index in [1.807, 2.05) is 30.3 Å². The molecule has 4 aliphatic rings. The first-order valence-corrected chi connectivity index (χ1v) is 8.52. The lowest BCUT2D eigenvalue weighted by Gasteiger charge is -2.47. The number of carbonyl (C=O) groups is 1. The van der Waals surface area contributed by atoms with E-state index in [0.29, 0.717) is 5.92 Å². The molecule has 122 valence electrons.